The topological polar surface area (TPSA) is 143 Å². The van der Waals surface area contributed by atoms with E-state index in [9.17, 15) is 4.79 Å². The molecule has 11 nitrogen and oxygen atoms in total. The fourth-order valence-corrected chi connectivity index (χ4v) is 4.37. The third-order valence-electron chi connectivity index (χ3n) is 5.75. The molecule has 0 unspecified atom stereocenters. The van der Waals surface area contributed by atoms with Crippen LogP contribution >= 0.6 is 23.2 Å². The van der Waals surface area contributed by atoms with Crippen molar-refractivity contribution in [1.82, 2.24) is 25.3 Å². The standard InChI is InChI=1S/C27H23Cl2N7O4/c1-2-38-23-11-16(7-10-22(23)39-15-17-8-9-18(28)12-19(17)29)13-31-33-24(37)14-36-21-6-4-3-5-20(21)32-27(36)25-26(30)35-40-34-25/h3-13H,2,14-15H2,1H3,(H2,30,35)(H,33,37)/b31-13-. The molecule has 0 spiro atoms. The van der Waals surface area contributed by atoms with Crippen LogP contribution in [-0.4, -0.2) is 38.6 Å². The van der Waals surface area contributed by atoms with Crippen molar-refractivity contribution in [3.05, 3.63) is 81.8 Å². The van der Waals surface area contributed by atoms with Crippen molar-refractivity contribution in [2.75, 3.05) is 12.3 Å². The lowest BCUT2D eigenvalue weighted by molar-refractivity contribution is -0.121. The number of nitrogens with two attached hydrogens (primary N) is 1. The molecule has 0 aliphatic carbocycles. The largest absolute Gasteiger partial charge is 0.490 e. The molecule has 1 amide bonds. The molecule has 0 fully saturated rings. The van der Waals surface area contributed by atoms with Gasteiger partial charge in [0.15, 0.2) is 28.8 Å². The predicted molar refractivity (Wildman–Crippen MR) is 152 cm³/mol. The van der Waals surface area contributed by atoms with Crippen molar-refractivity contribution < 1.29 is 18.9 Å². The molecule has 13 heteroatoms. The number of anilines is 1. The second kappa shape index (κ2) is 12.1. The number of aromatic nitrogens is 4. The molecule has 0 saturated heterocycles. The third kappa shape index (κ3) is 6.00. The Morgan fingerprint density at radius 2 is 1.95 bits per heavy atom. The van der Waals surface area contributed by atoms with Gasteiger partial charge in [0.05, 0.1) is 23.9 Å². The smallest absolute Gasteiger partial charge is 0.260 e. The van der Waals surface area contributed by atoms with Gasteiger partial charge in [-0.2, -0.15) is 5.10 Å². The van der Waals surface area contributed by atoms with Crippen molar-refractivity contribution in [2.24, 2.45) is 5.10 Å². The minimum atomic E-state index is -0.388. The predicted octanol–water partition coefficient (Wildman–Crippen LogP) is 5.10. The van der Waals surface area contributed by atoms with Crippen LogP contribution in [0.5, 0.6) is 11.5 Å². The molecular weight excluding hydrogens is 557 g/mol. The van der Waals surface area contributed by atoms with Crippen LogP contribution in [0, 0.1) is 0 Å². The SMILES string of the molecule is CCOc1cc(/C=N\NC(=O)Cn2c(-c3nonc3N)nc3ccccc32)ccc1OCc1ccc(Cl)cc1Cl. The summed E-state index contributed by atoms with van der Waals surface area (Å²) in [4.78, 5) is 17.4. The number of ether oxygens (including phenoxy) is 2. The van der Waals surface area contributed by atoms with E-state index in [-0.39, 0.29) is 30.6 Å². The van der Waals surface area contributed by atoms with Crippen molar-refractivity contribution in [3.63, 3.8) is 0 Å². The first-order valence-electron chi connectivity index (χ1n) is 12.1. The van der Waals surface area contributed by atoms with Crippen LogP contribution in [0.1, 0.15) is 18.1 Å². The van der Waals surface area contributed by atoms with E-state index in [0.717, 1.165) is 11.1 Å². The molecule has 0 saturated carbocycles. The number of nitrogens with one attached hydrogen (secondary N) is 1. The van der Waals surface area contributed by atoms with Gasteiger partial charge in [-0.3, -0.25) is 4.79 Å². The molecule has 2 heterocycles. The summed E-state index contributed by atoms with van der Waals surface area (Å²) < 4.78 is 18.1. The van der Waals surface area contributed by atoms with Crippen LogP contribution < -0.4 is 20.6 Å². The Labute approximate surface area is 238 Å². The summed E-state index contributed by atoms with van der Waals surface area (Å²) in [5, 5.41) is 12.6. The van der Waals surface area contributed by atoms with Gasteiger partial charge >= 0.3 is 0 Å². The minimum Gasteiger partial charge on any atom is -0.490 e. The molecule has 3 N–H and O–H groups in total. The van der Waals surface area contributed by atoms with Crippen LogP contribution in [0.2, 0.25) is 10.0 Å². The summed E-state index contributed by atoms with van der Waals surface area (Å²) in [7, 11) is 0. The Morgan fingerprint density at radius 3 is 2.73 bits per heavy atom. The van der Waals surface area contributed by atoms with E-state index >= 15 is 0 Å². The number of amides is 1. The lowest BCUT2D eigenvalue weighted by atomic mass is 10.2. The van der Waals surface area contributed by atoms with Gasteiger partial charge in [-0.05, 0) is 65.3 Å². The fourth-order valence-electron chi connectivity index (χ4n) is 3.91. The Hall–Kier alpha value is -4.61. The van der Waals surface area contributed by atoms with Crippen molar-refractivity contribution in [1.29, 1.82) is 0 Å². The molecule has 3 aromatic carbocycles. The summed E-state index contributed by atoms with van der Waals surface area (Å²) in [6, 6.07) is 17.9. The Morgan fingerprint density at radius 1 is 1.10 bits per heavy atom. The van der Waals surface area contributed by atoms with E-state index < -0.39 is 0 Å². The zero-order valence-electron chi connectivity index (χ0n) is 21.2. The maximum atomic E-state index is 12.8. The Balaban J connectivity index is 1.28. The molecule has 0 aliphatic rings. The van der Waals surface area contributed by atoms with Crippen LogP contribution in [0.3, 0.4) is 0 Å². The third-order valence-corrected chi connectivity index (χ3v) is 6.34. The first-order valence-corrected chi connectivity index (χ1v) is 12.9. The molecule has 0 radical (unpaired) electrons. The van der Waals surface area contributed by atoms with E-state index in [2.05, 4.69) is 25.8 Å². The molecule has 40 heavy (non-hydrogen) atoms. The van der Waals surface area contributed by atoms with Crippen molar-refractivity contribution in [3.8, 4) is 23.0 Å². The number of nitrogens with zero attached hydrogens (tertiary/aromatic N) is 5. The highest BCUT2D eigenvalue weighted by molar-refractivity contribution is 6.35. The molecule has 0 bridgehead atoms. The van der Waals surface area contributed by atoms with Crippen molar-refractivity contribution >= 4 is 52.2 Å². The van der Waals surface area contributed by atoms with Gasteiger partial charge in [0, 0.05) is 15.6 Å². The Kier molecular flexibility index (Phi) is 8.13. The van der Waals surface area contributed by atoms with Crippen LogP contribution in [0.4, 0.5) is 5.82 Å². The monoisotopic (exact) mass is 579 g/mol. The fraction of sp³-hybridized carbons (Fsp3) is 0.148. The maximum Gasteiger partial charge on any atom is 0.260 e. The van der Waals surface area contributed by atoms with Crippen molar-refractivity contribution in [2.45, 2.75) is 20.1 Å². The van der Waals surface area contributed by atoms with Crippen LogP contribution in [-0.2, 0) is 17.9 Å². The number of carbonyl (C=O) groups is 1. The van der Waals surface area contributed by atoms with Crippen LogP contribution in [0.15, 0.2) is 70.4 Å². The number of fused-ring (bicyclic) bond motifs is 1. The average Bonchev–Trinajstić information content (AvgIpc) is 3.52. The number of halogens is 2. The molecule has 0 aliphatic heterocycles. The van der Waals surface area contributed by atoms with E-state index in [1.165, 1.54) is 6.21 Å². The summed E-state index contributed by atoms with van der Waals surface area (Å²) in [5.74, 6) is 1.10. The zero-order chi connectivity index (χ0) is 28.1. The van der Waals surface area contributed by atoms with Gasteiger partial charge < -0.3 is 19.8 Å². The van der Waals surface area contributed by atoms with Gasteiger partial charge in [-0.25, -0.2) is 15.0 Å². The highest BCUT2D eigenvalue weighted by atomic mass is 35.5. The van der Waals surface area contributed by atoms with Gasteiger partial charge in [0.1, 0.15) is 13.2 Å². The summed E-state index contributed by atoms with van der Waals surface area (Å²) >= 11 is 12.2. The number of benzene rings is 3. The number of imidazole rings is 1. The number of carbonyl (C=O) groups excluding carboxylic acids is 1. The number of hydrazone groups is 1. The number of hydrogen-bond acceptors (Lipinski definition) is 9. The normalized spacial score (nSPS) is 11.3. The lowest BCUT2D eigenvalue weighted by Gasteiger charge is -2.13. The minimum absolute atomic E-state index is 0.0729. The van der Waals surface area contributed by atoms with Crippen LogP contribution in [0.25, 0.3) is 22.6 Å². The second-order valence-electron chi connectivity index (χ2n) is 8.47. The number of para-hydroxylation sites is 2. The van der Waals surface area contributed by atoms with E-state index in [4.69, 9.17) is 43.0 Å². The quantitative estimate of drug-likeness (QED) is 0.172. The Bertz CT molecular complexity index is 1700. The van der Waals surface area contributed by atoms with Gasteiger partial charge in [0.2, 0.25) is 0 Å². The first kappa shape index (κ1) is 27.0. The molecule has 5 rings (SSSR count). The maximum absolute atomic E-state index is 12.8. The van der Waals surface area contributed by atoms with Gasteiger partial charge in [0.25, 0.3) is 5.91 Å². The highest BCUT2D eigenvalue weighted by Gasteiger charge is 2.20. The summed E-state index contributed by atoms with van der Waals surface area (Å²) in [5.41, 5.74) is 11.5. The molecule has 204 valence electrons. The molecule has 5 aromatic rings. The molecular formula is C27H23Cl2N7O4. The highest BCUT2D eigenvalue weighted by Crippen LogP contribution is 2.30. The lowest BCUT2D eigenvalue weighted by Crippen LogP contribution is -2.23. The summed E-state index contributed by atoms with van der Waals surface area (Å²) in [6.07, 6.45) is 1.51. The number of hydrogen-bond donors (Lipinski definition) is 2. The van der Waals surface area contributed by atoms with E-state index in [1.54, 1.807) is 34.9 Å². The van der Waals surface area contributed by atoms with E-state index in [1.807, 2.05) is 37.3 Å². The zero-order valence-corrected chi connectivity index (χ0v) is 22.7. The number of nitrogen functional groups attached to an aromatic ring is 1. The molecule has 2 aromatic heterocycles. The molecule has 0 atom stereocenters. The van der Waals surface area contributed by atoms with Gasteiger partial charge in [-0.1, -0.05) is 41.4 Å². The van der Waals surface area contributed by atoms with E-state index in [0.29, 0.717) is 45.1 Å². The number of rotatable bonds is 10. The van der Waals surface area contributed by atoms with Gasteiger partial charge in [-0.15, -0.1) is 0 Å². The second-order valence-corrected chi connectivity index (χ2v) is 9.31. The summed E-state index contributed by atoms with van der Waals surface area (Å²) in [6.45, 7) is 2.45. The average molecular weight is 580 g/mol. The first-order chi connectivity index (χ1) is 19.4.